The Balaban J connectivity index is 2.59. The zero-order chi connectivity index (χ0) is 15.0. The normalized spacial score (nSPS) is 20.6. The molecule has 1 aromatic rings. The maximum Gasteiger partial charge on any atom is 0.348 e. The molecule has 0 saturated carbocycles. The third kappa shape index (κ3) is 2.06. The highest BCUT2D eigenvalue weighted by atomic mass is 16.4. The molecule has 0 saturated heterocycles. The van der Waals surface area contributed by atoms with E-state index < -0.39 is 41.8 Å². The van der Waals surface area contributed by atoms with E-state index in [4.69, 9.17) is 10.2 Å². The van der Waals surface area contributed by atoms with E-state index in [1.54, 1.807) is 6.92 Å². The number of aromatic nitrogens is 3. The summed E-state index contributed by atoms with van der Waals surface area (Å²) in [6, 6.07) is -1.74. The predicted molar refractivity (Wildman–Crippen MR) is 65.7 cm³/mol. The van der Waals surface area contributed by atoms with Crippen molar-refractivity contribution >= 4 is 11.9 Å². The van der Waals surface area contributed by atoms with Crippen molar-refractivity contribution in [1.82, 2.24) is 13.9 Å². The van der Waals surface area contributed by atoms with Crippen LogP contribution < -0.4 is 11.4 Å². The average molecular weight is 283 g/mol. The largest absolute Gasteiger partial charge is 0.481 e. The Kier molecular flexibility index (Phi) is 3.35. The molecule has 2 atom stereocenters. The monoisotopic (exact) mass is 283 g/mol. The van der Waals surface area contributed by atoms with Gasteiger partial charge in [-0.2, -0.15) is 0 Å². The molecule has 0 radical (unpaired) electrons. The summed E-state index contributed by atoms with van der Waals surface area (Å²) in [5, 5.41) is 17.7. The van der Waals surface area contributed by atoms with Gasteiger partial charge in [-0.15, -0.1) is 0 Å². The van der Waals surface area contributed by atoms with Gasteiger partial charge in [0.2, 0.25) is 0 Å². The zero-order valence-corrected chi connectivity index (χ0v) is 10.6. The van der Waals surface area contributed by atoms with Gasteiger partial charge in [0.05, 0.1) is 12.5 Å². The molecular weight excluding hydrogens is 270 g/mol. The highest BCUT2D eigenvalue weighted by molar-refractivity contribution is 5.74. The quantitative estimate of drug-likeness (QED) is 0.686. The van der Waals surface area contributed by atoms with Crippen LogP contribution in [0, 0.1) is 0 Å². The van der Waals surface area contributed by atoms with Crippen LogP contribution in [0.1, 0.15) is 25.4 Å². The molecule has 0 aliphatic carbocycles. The Morgan fingerprint density at radius 3 is 2.30 bits per heavy atom. The van der Waals surface area contributed by atoms with Crippen LogP contribution in [0.2, 0.25) is 0 Å². The number of allylic oxidation sites excluding steroid dienone is 1. The second-order valence-electron chi connectivity index (χ2n) is 4.46. The molecule has 0 bridgehead atoms. The Morgan fingerprint density at radius 1 is 1.15 bits per heavy atom. The fraction of sp³-hybridized carbons (Fsp3) is 0.455. The van der Waals surface area contributed by atoms with E-state index >= 15 is 0 Å². The van der Waals surface area contributed by atoms with E-state index in [9.17, 15) is 19.2 Å². The third-order valence-corrected chi connectivity index (χ3v) is 3.11. The van der Waals surface area contributed by atoms with Gasteiger partial charge in [-0.05, 0) is 6.92 Å². The minimum absolute atomic E-state index is 0.293. The number of rotatable bonds is 4. The summed E-state index contributed by atoms with van der Waals surface area (Å²) < 4.78 is 2.62. The van der Waals surface area contributed by atoms with Gasteiger partial charge in [-0.3, -0.25) is 4.79 Å². The summed E-state index contributed by atoms with van der Waals surface area (Å²) in [5.41, 5.74) is -1.53. The number of hydrogen-bond donors (Lipinski definition) is 2. The van der Waals surface area contributed by atoms with Crippen molar-refractivity contribution in [3.63, 3.8) is 0 Å². The summed E-state index contributed by atoms with van der Waals surface area (Å²) in [7, 11) is 0. The molecule has 9 heteroatoms. The molecule has 2 heterocycles. The van der Waals surface area contributed by atoms with Crippen molar-refractivity contribution in [2.75, 3.05) is 0 Å². The van der Waals surface area contributed by atoms with Crippen LogP contribution in [0.5, 0.6) is 0 Å². The number of fused-ring (bicyclic) bond motifs is 1. The highest BCUT2D eigenvalue weighted by Gasteiger charge is 2.30. The minimum Gasteiger partial charge on any atom is -0.481 e. The van der Waals surface area contributed by atoms with E-state index in [2.05, 4.69) is 0 Å². The summed E-state index contributed by atoms with van der Waals surface area (Å²) in [6.45, 7) is 1.34. The van der Waals surface area contributed by atoms with E-state index in [1.165, 1.54) is 12.2 Å². The van der Waals surface area contributed by atoms with Crippen LogP contribution in [0.15, 0.2) is 21.7 Å². The summed E-state index contributed by atoms with van der Waals surface area (Å²) in [5.74, 6) is -2.41. The predicted octanol–water partition coefficient (Wildman–Crippen LogP) is -0.957. The lowest BCUT2D eigenvalue weighted by atomic mass is 10.2. The van der Waals surface area contributed by atoms with Crippen molar-refractivity contribution in [2.24, 2.45) is 0 Å². The molecule has 0 aromatic carbocycles. The SMILES string of the molecule is CC1C=CC(C(=O)O)n2c(=O)n(CCC(=O)O)c(=O)n21. The maximum atomic E-state index is 12.1. The molecule has 9 nitrogen and oxygen atoms in total. The van der Waals surface area contributed by atoms with Gasteiger partial charge in [0.15, 0.2) is 6.04 Å². The first kappa shape index (κ1) is 13.8. The highest BCUT2D eigenvalue weighted by Crippen LogP contribution is 2.17. The summed E-state index contributed by atoms with van der Waals surface area (Å²) >= 11 is 0. The van der Waals surface area contributed by atoms with Crippen LogP contribution in [0.25, 0.3) is 0 Å². The van der Waals surface area contributed by atoms with Gasteiger partial charge < -0.3 is 10.2 Å². The van der Waals surface area contributed by atoms with E-state index in [0.717, 1.165) is 13.9 Å². The van der Waals surface area contributed by atoms with Crippen LogP contribution in [-0.2, 0) is 16.1 Å². The number of aliphatic carboxylic acids is 2. The molecule has 20 heavy (non-hydrogen) atoms. The molecule has 0 spiro atoms. The third-order valence-electron chi connectivity index (χ3n) is 3.11. The average Bonchev–Trinajstić information content (AvgIpc) is 2.60. The molecule has 108 valence electrons. The standard InChI is InChI=1S/C11H13N3O6/c1-6-2-3-7(9(17)18)14-11(20)12(5-4-8(15)16)10(19)13(6)14/h2-3,6-7H,4-5H2,1H3,(H,15,16)(H,17,18). The van der Waals surface area contributed by atoms with Crippen molar-refractivity contribution in [3.8, 4) is 0 Å². The molecule has 2 unspecified atom stereocenters. The molecule has 1 aromatic heterocycles. The van der Waals surface area contributed by atoms with Gasteiger partial charge in [-0.25, -0.2) is 28.3 Å². The fourth-order valence-electron chi connectivity index (χ4n) is 2.15. The molecule has 2 rings (SSSR count). The smallest absolute Gasteiger partial charge is 0.348 e. The second kappa shape index (κ2) is 4.83. The first-order chi connectivity index (χ1) is 9.34. The van der Waals surface area contributed by atoms with Crippen molar-refractivity contribution in [1.29, 1.82) is 0 Å². The van der Waals surface area contributed by atoms with E-state index in [-0.39, 0.29) is 6.54 Å². The summed E-state index contributed by atoms with van der Waals surface area (Å²) in [6.07, 6.45) is 2.45. The van der Waals surface area contributed by atoms with Crippen LogP contribution >= 0.6 is 0 Å². The molecular formula is C11H13N3O6. The lowest BCUT2D eigenvalue weighted by molar-refractivity contribution is -0.140. The van der Waals surface area contributed by atoms with Gasteiger partial charge in [0.1, 0.15) is 0 Å². The lowest BCUT2D eigenvalue weighted by Gasteiger charge is -2.21. The molecule has 1 aliphatic heterocycles. The Bertz CT molecular complexity index is 707. The number of carbonyl (C=O) groups is 2. The Hall–Kier alpha value is -2.58. The van der Waals surface area contributed by atoms with Gasteiger partial charge in [0.25, 0.3) is 0 Å². The number of carboxylic acids is 2. The topological polar surface area (TPSA) is 124 Å². The second-order valence-corrected chi connectivity index (χ2v) is 4.46. The lowest BCUT2D eigenvalue weighted by Crippen LogP contribution is -2.37. The number of hydrogen-bond acceptors (Lipinski definition) is 4. The van der Waals surface area contributed by atoms with E-state index in [1.807, 2.05) is 0 Å². The van der Waals surface area contributed by atoms with Crippen LogP contribution in [0.3, 0.4) is 0 Å². The van der Waals surface area contributed by atoms with Crippen molar-refractivity contribution < 1.29 is 19.8 Å². The molecule has 2 N–H and O–H groups in total. The Morgan fingerprint density at radius 2 is 1.75 bits per heavy atom. The first-order valence-electron chi connectivity index (χ1n) is 5.91. The zero-order valence-electron chi connectivity index (χ0n) is 10.6. The van der Waals surface area contributed by atoms with Crippen molar-refractivity contribution in [3.05, 3.63) is 33.1 Å². The maximum absolute atomic E-state index is 12.1. The van der Waals surface area contributed by atoms with Crippen LogP contribution in [0.4, 0.5) is 0 Å². The summed E-state index contributed by atoms with van der Waals surface area (Å²) in [4.78, 5) is 45.9. The van der Waals surface area contributed by atoms with Gasteiger partial charge >= 0.3 is 23.3 Å². The van der Waals surface area contributed by atoms with Crippen molar-refractivity contribution in [2.45, 2.75) is 32.0 Å². The van der Waals surface area contributed by atoms with E-state index in [0.29, 0.717) is 0 Å². The minimum atomic E-state index is -1.27. The molecule has 0 fully saturated rings. The Labute approximate surface area is 112 Å². The molecule has 1 aliphatic rings. The molecule has 0 amide bonds. The van der Waals surface area contributed by atoms with Gasteiger partial charge in [-0.1, -0.05) is 12.2 Å². The first-order valence-corrected chi connectivity index (χ1v) is 5.91. The fourth-order valence-corrected chi connectivity index (χ4v) is 2.15. The number of carboxylic acid groups (broad SMARTS) is 2. The van der Waals surface area contributed by atoms with Crippen LogP contribution in [-0.4, -0.2) is 36.1 Å². The van der Waals surface area contributed by atoms with Gasteiger partial charge in [0, 0.05) is 6.54 Å². The number of nitrogens with zero attached hydrogens (tertiary/aromatic N) is 3.